The smallest absolute Gasteiger partial charge is 0.440 e. The number of oxazole rings is 1. The first-order chi connectivity index (χ1) is 21.4. The van der Waals surface area contributed by atoms with Crippen molar-refractivity contribution in [2.24, 2.45) is 0 Å². The second-order valence-electron chi connectivity index (χ2n) is 10.4. The van der Waals surface area contributed by atoms with Crippen LogP contribution in [-0.2, 0) is 22.6 Å². The van der Waals surface area contributed by atoms with Gasteiger partial charge in [0.15, 0.2) is 38.7 Å². The molecular weight excluding hydrogens is 644 g/mol. The fraction of sp³-hybridized carbons (Fsp3) is 0.200. The number of halogens is 6. The Morgan fingerprint density at radius 3 is 2.28 bits per heavy atom. The van der Waals surface area contributed by atoms with E-state index in [2.05, 4.69) is 19.4 Å². The predicted molar refractivity (Wildman–Crippen MR) is 150 cm³/mol. The number of nitrogens with zero attached hydrogens (tertiary/aromatic N) is 3. The molecule has 3 heterocycles. The van der Waals surface area contributed by atoms with E-state index >= 15 is 4.39 Å². The molecule has 2 aromatic heterocycles. The minimum Gasteiger partial charge on any atom is -0.440 e. The summed E-state index contributed by atoms with van der Waals surface area (Å²) in [5.41, 5.74) is -0.810. The van der Waals surface area contributed by atoms with Gasteiger partial charge in [0.2, 0.25) is 0 Å². The molecular formula is C30H21F6N3O6S. The van der Waals surface area contributed by atoms with E-state index in [4.69, 9.17) is 4.42 Å². The maximum Gasteiger partial charge on any atom is 0.586 e. The van der Waals surface area contributed by atoms with Crippen LogP contribution in [0.1, 0.15) is 23.0 Å². The summed E-state index contributed by atoms with van der Waals surface area (Å²) in [6, 6.07) is 10.3. The molecule has 0 amide bonds. The number of hydrogen-bond donors (Lipinski definition) is 1. The molecule has 46 heavy (non-hydrogen) atoms. The van der Waals surface area contributed by atoms with Gasteiger partial charge in [-0.3, -0.25) is 0 Å². The number of aliphatic hydroxyl groups is 1. The summed E-state index contributed by atoms with van der Waals surface area (Å²) < 4.78 is 124. The van der Waals surface area contributed by atoms with Crippen molar-refractivity contribution >= 4 is 9.84 Å². The van der Waals surface area contributed by atoms with Gasteiger partial charge in [-0.05, 0) is 60.5 Å². The number of benzene rings is 3. The highest BCUT2D eigenvalue weighted by Crippen LogP contribution is 2.45. The molecule has 0 fully saturated rings. The number of alkyl halides is 5. The summed E-state index contributed by atoms with van der Waals surface area (Å²) >= 11 is 0. The lowest BCUT2D eigenvalue weighted by Crippen LogP contribution is -2.25. The highest BCUT2D eigenvalue weighted by atomic mass is 32.2. The van der Waals surface area contributed by atoms with Gasteiger partial charge in [-0.15, -0.1) is 8.78 Å². The molecule has 9 nitrogen and oxygen atoms in total. The molecule has 1 aliphatic heterocycles. The van der Waals surface area contributed by atoms with Gasteiger partial charge in [0.05, 0.1) is 17.2 Å². The van der Waals surface area contributed by atoms with Gasteiger partial charge in [0.25, 0.3) is 0 Å². The van der Waals surface area contributed by atoms with Gasteiger partial charge in [-0.25, -0.2) is 22.8 Å². The first-order valence-corrected chi connectivity index (χ1v) is 15.1. The average molecular weight is 666 g/mol. The van der Waals surface area contributed by atoms with Crippen molar-refractivity contribution in [3.05, 3.63) is 83.5 Å². The highest BCUT2D eigenvalue weighted by molar-refractivity contribution is 7.90. The van der Waals surface area contributed by atoms with Gasteiger partial charge < -0.3 is 23.6 Å². The van der Waals surface area contributed by atoms with Crippen molar-refractivity contribution in [2.45, 2.75) is 37.8 Å². The molecule has 1 aliphatic rings. The zero-order chi connectivity index (χ0) is 33.3. The van der Waals surface area contributed by atoms with Crippen molar-refractivity contribution in [3.63, 3.8) is 0 Å². The third-order valence-electron chi connectivity index (χ3n) is 7.13. The van der Waals surface area contributed by atoms with Crippen LogP contribution in [0, 0.1) is 19.7 Å². The number of rotatable bonds is 6. The van der Waals surface area contributed by atoms with Crippen LogP contribution < -0.4 is 9.47 Å². The summed E-state index contributed by atoms with van der Waals surface area (Å²) in [6.07, 6.45) is -7.04. The van der Waals surface area contributed by atoms with Crippen LogP contribution in [0.5, 0.6) is 11.5 Å². The van der Waals surface area contributed by atoms with Gasteiger partial charge in [0.1, 0.15) is 17.3 Å². The zero-order valence-corrected chi connectivity index (χ0v) is 24.7. The van der Waals surface area contributed by atoms with Crippen molar-refractivity contribution < 1.29 is 53.8 Å². The fourth-order valence-corrected chi connectivity index (χ4v) is 6.08. The number of hydrogen-bond acceptors (Lipinski definition) is 8. The maximum atomic E-state index is 15.1. The van der Waals surface area contributed by atoms with Crippen molar-refractivity contribution in [3.8, 4) is 50.9 Å². The number of fused-ring (bicyclic) bond motifs is 1. The summed E-state index contributed by atoms with van der Waals surface area (Å²) in [4.78, 5) is 7.62. The molecule has 6 rings (SSSR count). The van der Waals surface area contributed by atoms with Crippen LogP contribution in [-0.4, -0.2) is 40.6 Å². The Morgan fingerprint density at radius 2 is 1.63 bits per heavy atom. The van der Waals surface area contributed by atoms with Crippen molar-refractivity contribution in [2.75, 3.05) is 6.26 Å². The van der Waals surface area contributed by atoms with E-state index in [-0.39, 0.29) is 62.6 Å². The third-order valence-corrected chi connectivity index (χ3v) is 8.29. The molecule has 0 saturated heterocycles. The lowest BCUT2D eigenvalue weighted by molar-refractivity contribution is -0.286. The Labute approximate surface area is 256 Å². The quantitative estimate of drug-likeness (QED) is 0.196. The molecule has 0 bridgehead atoms. The summed E-state index contributed by atoms with van der Waals surface area (Å²) in [5, 5.41) is 9.62. The molecule has 0 saturated carbocycles. The standard InChI is InChI=1S/C30H21F6N3O6S/c1-14-37-26(29(32,33)34)12-39(14)22-6-4-16(18-9-21(31)20(13-40)25(11-18)46(3,41)42)8-19(22)27-28(43-15(2)38-27)17-5-7-23-24(10-17)45-30(35,36)44-23/h4-12,40H,13H2,1-3H3. The van der Waals surface area contributed by atoms with Crippen LogP contribution in [0.3, 0.4) is 0 Å². The Balaban J connectivity index is 1.60. The van der Waals surface area contributed by atoms with E-state index in [0.717, 1.165) is 23.1 Å². The van der Waals surface area contributed by atoms with E-state index < -0.39 is 50.9 Å². The molecule has 3 aromatic carbocycles. The van der Waals surface area contributed by atoms with Gasteiger partial charge in [-0.2, -0.15) is 13.2 Å². The lowest BCUT2D eigenvalue weighted by atomic mass is 9.97. The van der Waals surface area contributed by atoms with Crippen molar-refractivity contribution in [1.29, 1.82) is 0 Å². The molecule has 0 atom stereocenters. The Bertz CT molecular complexity index is 2140. The van der Waals surface area contributed by atoms with Crippen LogP contribution >= 0.6 is 0 Å². The largest absolute Gasteiger partial charge is 0.586 e. The van der Waals surface area contributed by atoms with Crippen LogP contribution in [0.2, 0.25) is 0 Å². The van der Waals surface area contributed by atoms with Crippen LogP contribution in [0.15, 0.2) is 64.0 Å². The second kappa shape index (κ2) is 10.6. The minimum atomic E-state index is -4.77. The molecule has 240 valence electrons. The van der Waals surface area contributed by atoms with Gasteiger partial charge in [-0.1, -0.05) is 6.07 Å². The Hall–Kier alpha value is -4.83. The number of sulfone groups is 1. The monoisotopic (exact) mass is 665 g/mol. The molecule has 0 radical (unpaired) electrons. The highest BCUT2D eigenvalue weighted by Gasteiger charge is 2.43. The molecule has 16 heteroatoms. The van der Waals surface area contributed by atoms with Crippen LogP contribution in [0.4, 0.5) is 26.3 Å². The number of aryl methyl sites for hydroxylation is 2. The molecule has 0 aliphatic carbocycles. The van der Waals surface area contributed by atoms with Gasteiger partial charge in [0, 0.05) is 36.1 Å². The lowest BCUT2D eigenvalue weighted by Gasteiger charge is -2.15. The second-order valence-corrected chi connectivity index (χ2v) is 12.4. The number of imidazole rings is 1. The Kier molecular flexibility index (Phi) is 7.20. The fourth-order valence-electron chi connectivity index (χ4n) is 5.13. The van der Waals surface area contributed by atoms with E-state index in [1.807, 2.05) is 0 Å². The number of ether oxygens (including phenoxy) is 2. The van der Waals surface area contributed by atoms with Gasteiger partial charge >= 0.3 is 12.5 Å². The number of aromatic nitrogens is 3. The Morgan fingerprint density at radius 1 is 0.935 bits per heavy atom. The molecule has 5 aromatic rings. The molecule has 1 N–H and O–H groups in total. The average Bonchev–Trinajstić information content (AvgIpc) is 3.64. The van der Waals surface area contributed by atoms with Crippen molar-refractivity contribution in [1.82, 2.24) is 14.5 Å². The predicted octanol–water partition coefficient (Wildman–Crippen LogP) is 6.85. The van der Waals surface area contributed by atoms with E-state index in [9.17, 15) is 35.5 Å². The normalized spacial score (nSPS) is 14.2. The van der Waals surface area contributed by atoms with E-state index in [0.29, 0.717) is 0 Å². The topological polar surface area (TPSA) is 117 Å². The minimum absolute atomic E-state index is 0.0185. The van der Waals surface area contributed by atoms with Crippen LogP contribution in [0.25, 0.3) is 39.4 Å². The molecule has 0 unspecified atom stereocenters. The SMILES string of the molecule is Cc1nc(-c2cc(-c3cc(F)c(CO)c(S(C)(=O)=O)c3)ccc2-n2cc(C(F)(F)F)nc2C)c(-c2ccc3c(c2)OC(F)(F)O3)o1. The summed E-state index contributed by atoms with van der Waals surface area (Å²) in [6.45, 7) is 1.95. The first-order valence-electron chi connectivity index (χ1n) is 13.2. The van der Waals surface area contributed by atoms with E-state index in [1.165, 1.54) is 56.3 Å². The summed E-state index contributed by atoms with van der Waals surface area (Å²) in [7, 11) is -4.00. The first kappa shape index (κ1) is 31.2. The zero-order valence-electron chi connectivity index (χ0n) is 23.9. The third kappa shape index (κ3) is 5.58. The number of aliphatic hydroxyl groups excluding tert-OH is 1. The van der Waals surface area contributed by atoms with E-state index in [1.54, 1.807) is 0 Å². The molecule has 0 spiro atoms. The summed E-state index contributed by atoms with van der Waals surface area (Å²) in [5.74, 6) is -1.47. The maximum absolute atomic E-state index is 15.1.